The molecule has 3 rings (SSSR count). The second kappa shape index (κ2) is 7.18. The Bertz CT molecular complexity index is 671. The van der Waals surface area contributed by atoms with Gasteiger partial charge in [0.05, 0.1) is 12.5 Å². The maximum Gasteiger partial charge on any atom is 0.224 e. The lowest BCUT2D eigenvalue weighted by Gasteiger charge is -2.18. The van der Waals surface area contributed by atoms with Crippen LogP contribution in [-0.2, 0) is 17.6 Å². The van der Waals surface area contributed by atoms with Gasteiger partial charge in [-0.2, -0.15) is 0 Å². The van der Waals surface area contributed by atoms with Crippen LogP contribution in [0.5, 0.6) is 0 Å². The van der Waals surface area contributed by atoms with Crippen LogP contribution in [0.3, 0.4) is 0 Å². The van der Waals surface area contributed by atoms with Crippen LogP contribution in [0.2, 0.25) is 0 Å². The third-order valence-corrected chi connectivity index (χ3v) is 5.07. The number of hydrogen-bond acceptors (Lipinski definition) is 2. The number of aliphatic hydroxyl groups is 1. The Morgan fingerprint density at radius 1 is 1.35 bits per heavy atom. The van der Waals surface area contributed by atoms with E-state index in [-0.39, 0.29) is 5.91 Å². The Kier molecular flexibility index (Phi) is 5.01. The molecule has 1 aliphatic carbocycles. The Balaban J connectivity index is 1.59. The highest BCUT2D eigenvalue weighted by Gasteiger charge is 2.23. The van der Waals surface area contributed by atoms with Gasteiger partial charge in [0.15, 0.2) is 0 Å². The SMILES string of the molecule is CCc1cccc2c(CC(=O)NCC(O)C3CCCC3)c[nH]c12. The summed E-state index contributed by atoms with van der Waals surface area (Å²) in [4.78, 5) is 15.5. The number of carbonyl (C=O) groups is 1. The van der Waals surface area contributed by atoms with E-state index in [1.165, 1.54) is 18.4 Å². The lowest BCUT2D eigenvalue weighted by atomic mass is 10.0. The summed E-state index contributed by atoms with van der Waals surface area (Å²) in [6.45, 7) is 2.50. The van der Waals surface area contributed by atoms with E-state index in [1.54, 1.807) is 0 Å². The standard InChI is InChI=1S/C19H26N2O2/c1-2-13-8-5-9-16-15(11-21-19(13)16)10-18(23)20-12-17(22)14-6-3-4-7-14/h5,8-9,11,14,17,21-22H,2-4,6-7,10,12H2,1H3,(H,20,23). The molecule has 1 atom stereocenters. The molecule has 0 saturated heterocycles. The molecule has 1 saturated carbocycles. The molecule has 0 radical (unpaired) electrons. The van der Waals surface area contributed by atoms with Crippen molar-refractivity contribution in [3.8, 4) is 0 Å². The number of H-pyrrole nitrogens is 1. The molecule has 1 amide bonds. The van der Waals surface area contributed by atoms with Crippen molar-refractivity contribution in [1.29, 1.82) is 0 Å². The molecule has 4 heteroatoms. The van der Waals surface area contributed by atoms with Crippen molar-refractivity contribution in [2.24, 2.45) is 5.92 Å². The van der Waals surface area contributed by atoms with Gasteiger partial charge in [0, 0.05) is 23.6 Å². The number of para-hydroxylation sites is 1. The first-order valence-electron chi connectivity index (χ1n) is 8.71. The van der Waals surface area contributed by atoms with E-state index in [2.05, 4.69) is 29.4 Å². The molecule has 1 unspecified atom stereocenters. The zero-order chi connectivity index (χ0) is 16.2. The summed E-state index contributed by atoms with van der Waals surface area (Å²) < 4.78 is 0. The molecule has 124 valence electrons. The molecule has 3 N–H and O–H groups in total. The molecule has 1 aromatic carbocycles. The molecule has 1 aliphatic rings. The van der Waals surface area contributed by atoms with Gasteiger partial charge in [-0.1, -0.05) is 38.0 Å². The molecule has 0 aliphatic heterocycles. The number of aromatic nitrogens is 1. The lowest BCUT2D eigenvalue weighted by Crippen LogP contribution is -2.36. The van der Waals surface area contributed by atoms with E-state index >= 15 is 0 Å². The number of carbonyl (C=O) groups excluding carboxylic acids is 1. The number of fused-ring (bicyclic) bond motifs is 1. The minimum Gasteiger partial charge on any atom is -0.391 e. The molecule has 0 bridgehead atoms. The topological polar surface area (TPSA) is 65.1 Å². The van der Waals surface area contributed by atoms with Gasteiger partial charge in [0.2, 0.25) is 5.91 Å². The minimum absolute atomic E-state index is 0.0233. The summed E-state index contributed by atoms with van der Waals surface area (Å²) in [5, 5.41) is 14.2. The van der Waals surface area contributed by atoms with Crippen LogP contribution in [0.15, 0.2) is 24.4 Å². The van der Waals surface area contributed by atoms with Gasteiger partial charge >= 0.3 is 0 Å². The molecule has 1 heterocycles. The molecular weight excluding hydrogens is 288 g/mol. The molecule has 1 aromatic heterocycles. The van der Waals surface area contributed by atoms with Crippen molar-refractivity contribution < 1.29 is 9.90 Å². The van der Waals surface area contributed by atoms with Crippen molar-refractivity contribution in [2.45, 2.75) is 51.6 Å². The molecular formula is C19H26N2O2. The summed E-state index contributed by atoms with van der Waals surface area (Å²) in [6.07, 6.45) is 7.41. The fourth-order valence-electron chi connectivity index (χ4n) is 3.68. The van der Waals surface area contributed by atoms with Crippen LogP contribution >= 0.6 is 0 Å². The third-order valence-electron chi connectivity index (χ3n) is 5.07. The second-order valence-electron chi connectivity index (χ2n) is 6.60. The number of rotatable bonds is 6. The fourth-order valence-corrected chi connectivity index (χ4v) is 3.68. The van der Waals surface area contributed by atoms with Gasteiger partial charge in [-0.25, -0.2) is 0 Å². The number of aryl methyl sites for hydroxylation is 1. The van der Waals surface area contributed by atoms with Crippen LogP contribution < -0.4 is 5.32 Å². The van der Waals surface area contributed by atoms with Gasteiger partial charge in [0.1, 0.15) is 0 Å². The molecule has 2 aromatic rings. The normalized spacial score (nSPS) is 16.8. The minimum atomic E-state index is -0.406. The Morgan fingerprint density at radius 3 is 2.87 bits per heavy atom. The van der Waals surface area contributed by atoms with Gasteiger partial charge in [-0.3, -0.25) is 4.79 Å². The summed E-state index contributed by atoms with van der Waals surface area (Å²) in [6, 6.07) is 6.21. The number of aliphatic hydroxyl groups excluding tert-OH is 1. The average molecular weight is 314 g/mol. The van der Waals surface area contributed by atoms with Crippen molar-refractivity contribution in [2.75, 3.05) is 6.54 Å². The van der Waals surface area contributed by atoms with Gasteiger partial charge in [-0.15, -0.1) is 0 Å². The van der Waals surface area contributed by atoms with Crippen LogP contribution in [-0.4, -0.2) is 28.6 Å². The first-order valence-corrected chi connectivity index (χ1v) is 8.71. The average Bonchev–Trinajstić information content (AvgIpc) is 3.22. The van der Waals surface area contributed by atoms with Gasteiger partial charge in [-0.05, 0) is 36.3 Å². The number of aromatic amines is 1. The number of nitrogens with one attached hydrogen (secondary N) is 2. The largest absolute Gasteiger partial charge is 0.391 e. The highest BCUT2D eigenvalue weighted by Crippen LogP contribution is 2.27. The van der Waals surface area contributed by atoms with E-state index in [1.807, 2.05) is 12.3 Å². The Morgan fingerprint density at radius 2 is 2.13 bits per heavy atom. The van der Waals surface area contributed by atoms with Crippen LogP contribution in [0.4, 0.5) is 0 Å². The van der Waals surface area contributed by atoms with Gasteiger partial charge in [0.25, 0.3) is 0 Å². The second-order valence-corrected chi connectivity index (χ2v) is 6.60. The zero-order valence-corrected chi connectivity index (χ0v) is 13.8. The van der Waals surface area contributed by atoms with E-state index in [0.29, 0.717) is 18.9 Å². The first kappa shape index (κ1) is 16.1. The van der Waals surface area contributed by atoms with E-state index in [9.17, 15) is 9.90 Å². The van der Waals surface area contributed by atoms with Crippen molar-refractivity contribution in [1.82, 2.24) is 10.3 Å². The highest BCUT2D eigenvalue weighted by atomic mass is 16.3. The van der Waals surface area contributed by atoms with Crippen LogP contribution in [0.25, 0.3) is 10.9 Å². The third kappa shape index (κ3) is 3.58. The first-order chi connectivity index (χ1) is 11.2. The monoisotopic (exact) mass is 314 g/mol. The molecule has 1 fully saturated rings. The zero-order valence-electron chi connectivity index (χ0n) is 13.8. The van der Waals surface area contributed by atoms with Crippen molar-refractivity contribution in [3.05, 3.63) is 35.5 Å². The van der Waals surface area contributed by atoms with E-state index in [0.717, 1.165) is 35.7 Å². The summed E-state index contributed by atoms with van der Waals surface area (Å²) in [5.74, 6) is 0.334. The number of hydrogen-bond donors (Lipinski definition) is 3. The van der Waals surface area contributed by atoms with Gasteiger partial charge < -0.3 is 15.4 Å². The van der Waals surface area contributed by atoms with Crippen molar-refractivity contribution in [3.63, 3.8) is 0 Å². The maximum absolute atomic E-state index is 12.2. The number of benzene rings is 1. The van der Waals surface area contributed by atoms with E-state index in [4.69, 9.17) is 0 Å². The highest BCUT2D eigenvalue weighted by molar-refractivity contribution is 5.90. The lowest BCUT2D eigenvalue weighted by molar-refractivity contribution is -0.121. The summed E-state index contributed by atoms with van der Waals surface area (Å²) in [7, 11) is 0. The van der Waals surface area contributed by atoms with E-state index < -0.39 is 6.10 Å². The predicted octanol–water partition coefficient (Wildman–Crippen LogP) is 2.94. The molecule has 0 spiro atoms. The molecule has 4 nitrogen and oxygen atoms in total. The Hall–Kier alpha value is -1.81. The quantitative estimate of drug-likeness (QED) is 0.767. The smallest absolute Gasteiger partial charge is 0.224 e. The molecule has 23 heavy (non-hydrogen) atoms. The summed E-state index contributed by atoms with van der Waals surface area (Å²) in [5.41, 5.74) is 3.41. The van der Waals surface area contributed by atoms with Crippen LogP contribution in [0.1, 0.15) is 43.7 Å². The van der Waals surface area contributed by atoms with Crippen LogP contribution in [0, 0.1) is 5.92 Å². The Labute approximate surface area is 137 Å². The summed E-state index contributed by atoms with van der Waals surface area (Å²) >= 11 is 0. The fraction of sp³-hybridized carbons (Fsp3) is 0.526. The van der Waals surface area contributed by atoms with Crippen molar-refractivity contribution >= 4 is 16.8 Å². The number of amides is 1. The maximum atomic E-state index is 12.2. The predicted molar refractivity (Wildman–Crippen MR) is 92.4 cm³/mol.